The summed E-state index contributed by atoms with van der Waals surface area (Å²) in [4.78, 5) is 2.01. The van der Waals surface area contributed by atoms with E-state index in [1.807, 2.05) is 47.4 Å². The molecule has 0 saturated carbocycles. The van der Waals surface area contributed by atoms with Crippen molar-refractivity contribution >= 4 is 70.1 Å². The van der Waals surface area contributed by atoms with Crippen molar-refractivity contribution in [3.05, 3.63) is 200 Å². The fraction of sp³-hybridized carbons (Fsp3) is 0. The second-order valence-electron chi connectivity index (χ2n) is 12.2. The van der Waals surface area contributed by atoms with Gasteiger partial charge in [0.05, 0.1) is 24.9 Å². The van der Waals surface area contributed by atoms with Crippen LogP contribution in [0, 0.1) is 0 Å². The SMILES string of the molecule is [2H]c1c([2H])c([2H])c2c(-c3ccc(N(c4ccc(-c5c([2H])c([2H])c([2H])c6c([2H])c([2H])c([2H])c([2H])c56)cc4)c4ccccc4-c4cccc5c4sc4ccccc45)cc3)c([2H])c([2H])c([2H])c2c1[2H]. The minimum absolute atomic E-state index is 0.0191. The predicted molar refractivity (Wildman–Crippen MR) is 225 cm³/mol. The molecule has 0 fully saturated rings. The number of hydrogen-bond donors (Lipinski definition) is 0. The first-order valence-electron chi connectivity index (χ1n) is 23.6. The third kappa shape index (κ3) is 5.16. The Kier molecular flexibility index (Phi) is 4.69. The van der Waals surface area contributed by atoms with E-state index < -0.39 is 72.5 Å². The second-order valence-corrected chi connectivity index (χ2v) is 13.3. The van der Waals surface area contributed by atoms with E-state index in [1.54, 1.807) is 59.9 Å². The van der Waals surface area contributed by atoms with Crippen LogP contribution in [-0.2, 0) is 0 Å². The van der Waals surface area contributed by atoms with Gasteiger partial charge in [0.25, 0.3) is 0 Å². The van der Waals surface area contributed by atoms with E-state index in [0.717, 1.165) is 37.0 Å². The van der Waals surface area contributed by atoms with E-state index in [1.165, 1.54) is 0 Å². The fourth-order valence-electron chi connectivity index (χ4n) is 6.90. The number of anilines is 3. The van der Waals surface area contributed by atoms with Crippen LogP contribution in [0.5, 0.6) is 0 Å². The van der Waals surface area contributed by atoms with E-state index in [-0.39, 0.29) is 44.8 Å². The van der Waals surface area contributed by atoms with Crippen LogP contribution in [0.3, 0.4) is 0 Å². The van der Waals surface area contributed by atoms with Crippen molar-refractivity contribution in [2.45, 2.75) is 0 Å². The van der Waals surface area contributed by atoms with Gasteiger partial charge in [-0.2, -0.15) is 0 Å². The lowest BCUT2D eigenvalue weighted by molar-refractivity contribution is 1.28. The third-order valence-corrected chi connectivity index (χ3v) is 10.5. The van der Waals surface area contributed by atoms with Crippen LogP contribution in [0.2, 0.25) is 0 Å². The summed E-state index contributed by atoms with van der Waals surface area (Å²) in [5.41, 5.74) is 4.91. The molecule has 9 aromatic carbocycles. The number of para-hydroxylation sites is 1. The Hall–Kier alpha value is -6.48. The Labute approximate surface area is 327 Å². The van der Waals surface area contributed by atoms with Crippen LogP contribution in [0.1, 0.15) is 19.2 Å². The van der Waals surface area contributed by atoms with Gasteiger partial charge in [-0.05, 0) is 80.2 Å². The highest BCUT2D eigenvalue weighted by molar-refractivity contribution is 7.26. The Morgan fingerprint density at radius 3 is 1.56 bits per heavy atom. The van der Waals surface area contributed by atoms with Crippen LogP contribution in [-0.4, -0.2) is 0 Å². The lowest BCUT2D eigenvalue weighted by Gasteiger charge is -2.28. The Morgan fingerprint density at radius 1 is 0.385 bits per heavy atom. The molecule has 1 nitrogen and oxygen atoms in total. The molecule has 0 N–H and O–H groups in total. The monoisotopic (exact) mass is 693 g/mol. The first-order valence-corrected chi connectivity index (χ1v) is 17.4. The number of thiophene rings is 1. The number of fused-ring (bicyclic) bond motifs is 5. The summed E-state index contributed by atoms with van der Waals surface area (Å²) in [5.74, 6) is 0. The lowest BCUT2D eigenvalue weighted by atomic mass is 9.96. The molecule has 1 aromatic heterocycles. The smallest absolute Gasteiger partial charge is 0.0629 e. The molecule has 0 saturated heterocycles. The zero-order chi connectivity index (χ0) is 46.6. The largest absolute Gasteiger partial charge is 0.310 e. The van der Waals surface area contributed by atoms with Crippen molar-refractivity contribution < 1.29 is 19.2 Å². The van der Waals surface area contributed by atoms with Crippen LogP contribution < -0.4 is 4.90 Å². The summed E-state index contributed by atoms with van der Waals surface area (Å²) >= 11 is 1.69. The molecular weight excluding hydrogens is 647 g/mol. The van der Waals surface area contributed by atoms with Gasteiger partial charge in [0.15, 0.2) is 0 Å². The van der Waals surface area contributed by atoms with Gasteiger partial charge in [-0.25, -0.2) is 0 Å². The summed E-state index contributed by atoms with van der Waals surface area (Å²) < 4.78 is 123. The average Bonchev–Trinajstić information content (AvgIpc) is 3.72. The van der Waals surface area contributed by atoms with Crippen molar-refractivity contribution in [1.82, 2.24) is 0 Å². The first kappa shape index (κ1) is 19.2. The van der Waals surface area contributed by atoms with Gasteiger partial charge in [0.2, 0.25) is 0 Å². The molecule has 0 aliphatic carbocycles. The highest BCUT2D eigenvalue weighted by Crippen LogP contribution is 2.46. The number of rotatable bonds is 6. The van der Waals surface area contributed by atoms with Gasteiger partial charge >= 0.3 is 0 Å². The van der Waals surface area contributed by atoms with E-state index in [0.29, 0.717) is 22.5 Å². The molecule has 1 heterocycles. The summed E-state index contributed by atoms with van der Waals surface area (Å²) in [5, 5.41) is 1.93. The number of hydrogen-bond acceptors (Lipinski definition) is 2. The first-order chi connectivity index (χ1) is 31.6. The Morgan fingerprint density at radius 2 is 0.904 bits per heavy atom. The molecule has 0 amide bonds. The van der Waals surface area contributed by atoms with Gasteiger partial charge < -0.3 is 4.90 Å². The highest BCUT2D eigenvalue weighted by Gasteiger charge is 2.20. The zero-order valence-corrected chi connectivity index (χ0v) is 28.1. The van der Waals surface area contributed by atoms with Gasteiger partial charge in [0, 0.05) is 42.7 Å². The van der Waals surface area contributed by atoms with Crippen LogP contribution in [0.25, 0.3) is 75.1 Å². The number of benzene rings is 9. The zero-order valence-electron chi connectivity index (χ0n) is 41.3. The molecular formula is C50H33NS. The Bertz CT molecular complexity index is 3520. The molecule has 0 unspecified atom stereocenters. The molecule has 0 spiro atoms. The van der Waals surface area contributed by atoms with Crippen LogP contribution in [0.15, 0.2) is 200 Å². The number of nitrogens with zero attached hydrogens (tertiary/aromatic N) is 1. The molecule has 0 aliphatic rings. The normalized spacial score (nSPS) is 15.2. The average molecular weight is 694 g/mol. The molecule has 0 radical (unpaired) electrons. The standard InChI is InChI=1S/C50H33NS/c1-3-16-40-34(12-1)14-9-20-42(40)36-26-30-38(31-27-36)51(39-32-28-37(29-33-39)43-21-10-15-35-13-2-4-17-41(35)43)48-24-7-5-18-44(48)46-22-11-23-47-45-19-6-8-25-49(45)52-50(46)47/h1-33H/i1D,2D,3D,4D,9D,10D,12D,13D,14D,15D,16D,17D,20D,21D. The maximum atomic E-state index is 8.97. The van der Waals surface area contributed by atoms with Crippen molar-refractivity contribution in [2.24, 2.45) is 0 Å². The minimum atomic E-state index is -0.531. The molecule has 10 rings (SSSR count). The summed E-state index contributed by atoms with van der Waals surface area (Å²) in [7, 11) is 0. The summed E-state index contributed by atoms with van der Waals surface area (Å²) in [6.45, 7) is 0. The van der Waals surface area contributed by atoms with Crippen LogP contribution in [0.4, 0.5) is 17.1 Å². The molecule has 0 bridgehead atoms. The minimum Gasteiger partial charge on any atom is -0.310 e. The lowest BCUT2D eigenvalue weighted by Crippen LogP contribution is -2.11. The van der Waals surface area contributed by atoms with Crippen molar-refractivity contribution in [1.29, 1.82) is 0 Å². The summed E-state index contributed by atoms with van der Waals surface area (Å²) in [6.07, 6.45) is 0. The fourth-order valence-corrected chi connectivity index (χ4v) is 8.13. The second kappa shape index (κ2) is 12.7. The quantitative estimate of drug-likeness (QED) is 0.168. The topological polar surface area (TPSA) is 3.24 Å². The highest BCUT2D eigenvalue weighted by atomic mass is 32.1. The third-order valence-electron chi connectivity index (χ3n) is 9.29. The Balaban J connectivity index is 1.20. The molecule has 0 aliphatic heterocycles. The molecule has 244 valence electrons. The van der Waals surface area contributed by atoms with Crippen LogP contribution >= 0.6 is 11.3 Å². The predicted octanol–water partition coefficient (Wildman–Crippen LogP) is 14.8. The van der Waals surface area contributed by atoms with E-state index in [4.69, 9.17) is 19.2 Å². The molecule has 2 heteroatoms. The van der Waals surface area contributed by atoms with E-state index >= 15 is 0 Å². The van der Waals surface area contributed by atoms with Crippen molar-refractivity contribution in [2.75, 3.05) is 4.90 Å². The summed E-state index contributed by atoms with van der Waals surface area (Å²) in [6, 6.07) is 30.1. The van der Waals surface area contributed by atoms with Gasteiger partial charge in [-0.1, -0.05) is 163 Å². The maximum Gasteiger partial charge on any atom is 0.0629 e. The maximum absolute atomic E-state index is 8.97. The molecule has 0 atom stereocenters. The van der Waals surface area contributed by atoms with Crippen molar-refractivity contribution in [3.63, 3.8) is 0 Å². The van der Waals surface area contributed by atoms with E-state index in [9.17, 15) is 0 Å². The van der Waals surface area contributed by atoms with E-state index in [2.05, 4.69) is 24.3 Å². The van der Waals surface area contributed by atoms with Gasteiger partial charge in [-0.3, -0.25) is 0 Å². The van der Waals surface area contributed by atoms with Gasteiger partial charge in [0.1, 0.15) is 0 Å². The molecule has 52 heavy (non-hydrogen) atoms. The van der Waals surface area contributed by atoms with Gasteiger partial charge in [-0.15, -0.1) is 11.3 Å². The van der Waals surface area contributed by atoms with Crippen molar-refractivity contribution in [3.8, 4) is 33.4 Å². The molecule has 10 aromatic rings.